The van der Waals surface area contributed by atoms with Crippen molar-refractivity contribution in [1.29, 1.82) is 0 Å². The van der Waals surface area contributed by atoms with E-state index in [2.05, 4.69) is 10.1 Å². The Morgan fingerprint density at radius 1 is 1.44 bits per heavy atom. The summed E-state index contributed by atoms with van der Waals surface area (Å²) >= 11 is 5.87. The summed E-state index contributed by atoms with van der Waals surface area (Å²) in [4.78, 5) is 14.5. The first-order chi connectivity index (χ1) is 8.63. The molecule has 0 saturated heterocycles. The molecule has 94 valence electrons. The highest BCUT2D eigenvalue weighted by atomic mass is 35.5. The lowest BCUT2D eigenvalue weighted by atomic mass is 10.1. The Balaban J connectivity index is 2.00. The Morgan fingerprint density at radius 3 is 3.00 bits per heavy atom. The third kappa shape index (κ3) is 3.56. The first-order valence-electron chi connectivity index (χ1n) is 5.41. The van der Waals surface area contributed by atoms with E-state index in [1.165, 1.54) is 0 Å². The van der Waals surface area contributed by atoms with E-state index in [1.54, 1.807) is 6.07 Å². The van der Waals surface area contributed by atoms with Crippen molar-refractivity contribution in [3.63, 3.8) is 0 Å². The number of carbonyl (C=O) groups is 1. The van der Waals surface area contributed by atoms with Crippen LogP contribution in [0, 0.1) is 0 Å². The first kappa shape index (κ1) is 12.6. The Bertz CT molecular complexity index is 554. The van der Waals surface area contributed by atoms with E-state index in [0.29, 0.717) is 23.2 Å². The van der Waals surface area contributed by atoms with E-state index in [0.717, 1.165) is 5.56 Å². The zero-order chi connectivity index (χ0) is 13.0. The van der Waals surface area contributed by atoms with Crippen LogP contribution in [0.5, 0.6) is 0 Å². The standard InChI is InChI=1S/C12H11ClN2O3/c13-9-3-1-2-8(6-9)7-11-14-10(15-18-11)4-5-12(16)17/h1-3,6H,4-5,7H2,(H,16,17). The molecule has 0 saturated carbocycles. The van der Waals surface area contributed by atoms with Gasteiger partial charge in [0.15, 0.2) is 5.82 Å². The molecule has 0 aliphatic carbocycles. The van der Waals surface area contributed by atoms with Gasteiger partial charge in [-0.3, -0.25) is 4.79 Å². The fraction of sp³-hybridized carbons (Fsp3) is 0.250. The van der Waals surface area contributed by atoms with Crippen molar-refractivity contribution < 1.29 is 14.4 Å². The molecule has 5 nitrogen and oxygen atoms in total. The first-order valence-corrected chi connectivity index (χ1v) is 5.79. The van der Waals surface area contributed by atoms with Crippen LogP contribution in [-0.2, 0) is 17.6 Å². The summed E-state index contributed by atoms with van der Waals surface area (Å²) in [5.41, 5.74) is 0.968. The van der Waals surface area contributed by atoms with Gasteiger partial charge in [-0.15, -0.1) is 0 Å². The van der Waals surface area contributed by atoms with E-state index < -0.39 is 5.97 Å². The highest BCUT2D eigenvalue weighted by Crippen LogP contribution is 2.14. The maximum Gasteiger partial charge on any atom is 0.303 e. The molecule has 1 heterocycles. The quantitative estimate of drug-likeness (QED) is 0.899. The highest BCUT2D eigenvalue weighted by Gasteiger charge is 2.09. The summed E-state index contributed by atoms with van der Waals surface area (Å²) < 4.78 is 5.04. The summed E-state index contributed by atoms with van der Waals surface area (Å²) in [6, 6.07) is 7.37. The molecule has 0 amide bonds. The molecule has 0 atom stereocenters. The zero-order valence-electron chi connectivity index (χ0n) is 9.47. The average Bonchev–Trinajstić information content (AvgIpc) is 2.74. The van der Waals surface area contributed by atoms with Crippen molar-refractivity contribution in [1.82, 2.24) is 10.1 Å². The van der Waals surface area contributed by atoms with Crippen LogP contribution in [0.1, 0.15) is 23.7 Å². The van der Waals surface area contributed by atoms with Crippen LogP contribution in [0.4, 0.5) is 0 Å². The van der Waals surface area contributed by atoms with E-state index >= 15 is 0 Å². The second kappa shape index (κ2) is 5.64. The second-order valence-corrected chi connectivity index (χ2v) is 4.24. The zero-order valence-corrected chi connectivity index (χ0v) is 10.2. The minimum absolute atomic E-state index is 0.00383. The molecule has 0 spiro atoms. The van der Waals surface area contributed by atoms with Crippen LogP contribution < -0.4 is 0 Å². The van der Waals surface area contributed by atoms with Crippen molar-refractivity contribution in [2.45, 2.75) is 19.3 Å². The Labute approximate surface area is 108 Å². The van der Waals surface area contributed by atoms with Crippen LogP contribution in [0.25, 0.3) is 0 Å². The van der Waals surface area contributed by atoms with Gasteiger partial charge in [-0.05, 0) is 17.7 Å². The van der Waals surface area contributed by atoms with E-state index in [4.69, 9.17) is 21.2 Å². The molecule has 18 heavy (non-hydrogen) atoms. The fourth-order valence-electron chi connectivity index (χ4n) is 1.50. The Kier molecular flexibility index (Phi) is 3.94. The van der Waals surface area contributed by atoms with Crippen LogP contribution in [0.15, 0.2) is 28.8 Å². The largest absolute Gasteiger partial charge is 0.481 e. The Morgan fingerprint density at radius 2 is 2.28 bits per heavy atom. The van der Waals surface area contributed by atoms with Gasteiger partial charge in [-0.1, -0.05) is 28.9 Å². The molecular weight excluding hydrogens is 256 g/mol. The smallest absolute Gasteiger partial charge is 0.303 e. The third-order valence-corrected chi connectivity index (χ3v) is 2.55. The number of carboxylic acid groups (broad SMARTS) is 1. The van der Waals surface area contributed by atoms with E-state index in [1.807, 2.05) is 18.2 Å². The van der Waals surface area contributed by atoms with Crippen LogP contribution in [0.2, 0.25) is 5.02 Å². The predicted octanol–water partition coefficient (Wildman–Crippen LogP) is 2.33. The van der Waals surface area contributed by atoms with Crippen LogP contribution >= 0.6 is 11.6 Å². The van der Waals surface area contributed by atoms with E-state index in [9.17, 15) is 4.79 Å². The van der Waals surface area contributed by atoms with Crippen LogP contribution in [0.3, 0.4) is 0 Å². The molecular formula is C12H11ClN2O3. The summed E-state index contributed by atoms with van der Waals surface area (Å²) in [7, 11) is 0. The second-order valence-electron chi connectivity index (χ2n) is 3.80. The number of aryl methyl sites for hydroxylation is 1. The lowest BCUT2D eigenvalue weighted by Gasteiger charge is -1.96. The van der Waals surface area contributed by atoms with Gasteiger partial charge in [-0.25, -0.2) is 0 Å². The van der Waals surface area contributed by atoms with Gasteiger partial charge >= 0.3 is 5.97 Å². The van der Waals surface area contributed by atoms with Gasteiger partial charge < -0.3 is 9.63 Å². The van der Waals surface area contributed by atoms with Crippen molar-refractivity contribution in [2.24, 2.45) is 0 Å². The van der Waals surface area contributed by atoms with Gasteiger partial charge in [-0.2, -0.15) is 4.98 Å². The number of aromatic nitrogens is 2. The predicted molar refractivity (Wildman–Crippen MR) is 64.5 cm³/mol. The van der Waals surface area contributed by atoms with Gasteiger partial charge in [0.1, 0.15) is 0 Å². The van der Waals surface area contributed by atoms with Gasteiger partial charge in [0, 0.05) is 11.4 Å². The molecule has 2 rings (SSSR count). The minimum atomic E-state index is -0.879. The number of aliphatic carboxylic acids is 1. The lowest BCUT2D eigenvalue weighted by molar-refractivity contribution is -0.137. The summed E-state index contributed by atoms with van der Waals surface area (Å²) in [5, 5.41) is 12.9. The Hall–Kier alpha value is -1.88. The van der Waals surface area contributed by atoms with Crippen LogP contribution in [-0.4, -0.2) is 21.2 Å². The number of rotatable bonds is 5. The maximum atomic E-state index is 10.4. The number of hydrogen-bond acceptors (Lipinski definition) is 4. The van der Waals surface area contributed by atoms with E-state index in [-0.39, 0.29) is 12.8 Å². The highest BCUT2D eigenvalue weighted by molar-refractivity contribution is 6.30. The molecule has 1 N–H and O–H groups in total. The number of carboxylic acids is 1. The summed E-state index contributed by atoms with van der Waals surface area (Å²) in [5.74, 6) is -0.0109. The van der Waals surface area contributed by atoms with Crippen molar-refractivity contribution in [3.05, 3.63) is 46.6 Å². The molecule has 0 aliphatic heterocycles. The SMILES string of the molecule is O=C(O)CCc1noc(Cc2cccc(Cl)c2)n1. The third-order valence-electron chi connectivity index (χ3n) is 2.32. The van der Waals surface area contributed by atoms with Gasteiger partial charge in [0.2, 0.25) is 5.89 Å². The lowest BCUT2D eigenvalue weighted by Crippen LogP contribution is -1.99. The van der Waals surface area contributed by atoms with Gasteiger partial charge in [0.05, 0.1) is 12.8 Å². The molecule has 1 aromatic heterocycles. The van der Waals surface area contributed by atoms with Gasteiger partial charge in [0.25, 0.3) is 0 Å². The molecule has 0 aliphatic rings. The van der Waals surface area contributed by atoms with Crippen molar-refractivity contribution in [3.8, 4) is 0 Å². The summed E-state index contributed by atoms with van der Waals surface area (Å²) in [6.07, 6.45) is 0.755. The number of hydrogen-bond donors (Lipinski definition) is 1. The molecule has 0 bridgehead atoms. The fourth-order valence-corrected chi connectivity index (χ4v) is 1.72. The molecule has 2 aromatic rings. The molecule has 0 radical (unpaired) electrons. The number of halogens is 1. The van der Waals surface area contributed by atoms with Crippen molar-refractivity contribution in [2.75, 3.05) is 0 Å². The molecule has 0 fully saturated rings. The average molecular weight is 267 g/mol. The molecule has 1 aromatic carbocycles. The molecule has 0 unspecified atom stereocenters. The topological polar surface area (TPSA) is 76.2 Å². The maximum absolute atomic E-state index is 10.4. The minimum Gasteiger partial charge on any atom is -0.481 e. The number of nitrogens with zero attached hydrogens (tertiary/aromatic N) is 2. The van der Waals surface area contributed by atoms with Crippen molar-refractivity contribution >= 4 is 17.6 Å². The normalized spacial score (nSPS) is 10.5. The monoisotopic (exact) mass is 266 g/mol. The number of benzene rings is 1. The summed E-state index contributed by atoms with van der Waals surface area (Å²) in [6.45, 7) is 0. The molecule has 6 heteroatoms.